The minimum absolute atomic E-state index is 0.111. The van der Waals surface area contributed by atoms with Crippen molar-refractivity contribution in [3.8, 4) is 0 Å². The molecule has 1 aromatic carbocycles. The minimum atomic E-state index is 0.111. The second-order valence-corrected chi connectivity index (χ2v) is 4.95. The first-order valence-electron chi connectivity index (χ1n) is 5.12. The molecule has 1 heterocycles. The molecular formula is C12H17N3. The molecule has 3 heteroatoms. The van der Waals surface area contributed by atoms with Gasteiger partial charge in [0.2, 0.25) is 5.95 Å². The van der Waals surface area contributed by atoms with E-state index in [1.165, 1.54) is 5.56 Å². The SMILES string of the molecule is Cn1c(N)nc2cccc(C(C)(C)C)c21. The lowest BCUT2D eigenvalue weighted by Gasteiger charge is -2.20. The van der Waals surface area contributed by atoms with Crippen molar-refractivity contribution in [1.82, 2.24) is 9.55 Å². The molecular weight excluding hydrogens is 186 g/mol. The van der Waals surface area contributed by atoms with E-state index in [1.807, 2.05) is 23.7 Å². The number of aryl methyl sites for hydroxylation is 1. The van der Waals surface area contributed by atoms with Gasteiger partial charge in [0.15, 0.2) is 0 Å². The maximum absolute atomic E-state index is 5.82. The Morgan fingerprint density at radius 2 is 1.93 bits per heavy atom. The Morgan fingerprint density at radius 1 is 1.27 bits per heavy atom. The lowest BCUT2D eigenvalue weighted by atomic mass is 9.86. The minimum Gasteiger partial charge on any atom is -0.369 e. The van der Waals surface area contributed by atoms with Crippen LogP contribution in [0.15, 0.2) is 18.2 Å². The molecule has 0 aliphatic carbocycles. The van der Waals surface area contributed by atoms with Gasteiger partial charge >= 0.3 is 0 Å². The van der Waals surface area contributed by atoms with Crippen LogP contribution in [0.4, 0.5) is 5.95 Å². The molecule has 2 rings (SSSR count). The van der Waals surface area contributed by atoms with Gasteiger partial charge in [0.05, 0.1) is 11.0 Å². The molecule has 0 radical (unpaired) electrons. The number of imidazole rings is 1. The number of fused-ring (bicyclic) bond motifs is 1. The smallest absolute Gasteiger partial charge is 0.200 e. The van der Waals surface area contributed by atoms with Gasteiger partial charge in [-0.05, 0) is 17.0 Å². The summed E-state index contributed by atoms with van der Waals surface area (Å²) in [7, 11) is 1.96. The zero-order valence-electron chi connectivity index (χ0n) is 9.70. The summed E-state index contributed by atoms with van der Waals surface area (Å²) < 4.78 is 1.95. The van der Waals surface area contributed by atoms with E-state index < -0.39 is 0 Å². The van der Waals surface area contributed by atoms with Gasteiger partial charge in [-0.25, -0.2) is 4.98 Å². The van der Waals surface area contributed by atoms with E-state index in [4.69, 9.17) is 5.73 Å². The number of nitrogen functional groups attached to an aromatic ring is 1. The fraction of sp³-hybridized carbons (Fsp3) is 0.417. The molecule has 0 amide bonds. The Bertz CT molecular complexity index is 503. The van der Waals surface area contributed by atoms with Gasteiger partial charge in [-0.2, -0.15) is 0 Å². The standard InChI is InChI=1S/C12H17N3/c1-12(2,3)8-6-5-7-9-10(8)15(4)11(13)14-9/h5-7H,1-4H3,(H2,13,14). The molecule has 2 N–H and O–H groups in total. The predicted octanol–water partition coefficient (Wildman–Crippen LogP) is 2.45. The Kier molecular flexibility index (Phi) is 2.00. The second-order valence-electron chi connectivity index (χ2n) is 4.95. The van der Waals surface area contributed by atoms with E-state index in [9.17, 15) is 0 Å². The van der Waals surface area contributed by atoms with Crippen LogP contribution in [-0.2, 0) is 12.5 Å². The molecule has 1 aromatic heterocycles. The molecule has 0 aliphatic heterocycles. The van der Waals surface area contributed by atoms with Crippen molar-refractivity contribution < 1.29 is 0 Å². The van der Waals surface area contributed by atoms with Crippen molar-refractivity contribution in [3.63, 3.8) is 0 Å². The third-order valence-electron chi connectivity index (χ3n) is 2.74. The van der Waals surface area contributed by atoms with E-state index in [2.05, 4.69) is 31.8 Å². The Hall–Kier alpha value is -1.51. The van der Waals surface area contributed by atoms with Crippen molar-refractivity contribution in [1.29, 1.82) is 0 Å². The molecule has 3 nitrogen and oxygen atoms in total. The molecule has 0 saturated carbocycles. The van der Waals surface area contributed by atoms with Gasteiger partial charge in [-0.3, -0.25) is 0 Å². The first-order valence-corrected chi connectivity index (χ1v) is 5.12. The average molecular weight is 203 g/mol. The second kappa shape index (κ2) is 2.99. The first kappa shape index (κ1) is 10.0. The molecule has 0 saturated heterocycles. The van der Waals surface area contributed by atoms with Crippen molar-refractivity contribution in [2.75, 3.05) is 5.73 Å². The monoisotopic (exact) mass is 203 g/mol. The topological polar surface area (TPSA) is 43.8 Å². The molecule has 0 bridgehead atoms. The molecule has 2 aromatic rings. The predicted molar refractivity (Wildman–Crippen MR) is 63.8 cm³/mol. The molecule has 0 aliphatic rings. The molecule has 0 atom stereocenters. The van der Waals surface area contributed by atoms with Crippen molar-refractivity contribution in [2.45, 2.75) is 26.2 Å². The van der Waals surface area contributed by atoms with Gasteiger partial charge in [0.25, 0.3) is 0 Å². The van der Waals surface area contributed by atoms with Crippen LogP contribution in [0.25, 0.3) is 11.0 Å². The molecule has 0 fully saturated rings. The van der Waals surface area contributed by atoms with Gasteiger partial charge in [-0.15, -0.1) is 0 Å². The highest BCUT2D eigenvalue weighted by Gasteiger charge is 2.19. The highest BCUT2D eigenvalue weighted by Crippen LogP contribution is 2.30. The van der Waals surface area contributed by atoms with Crippen LogP contribution >= 0.6 is 0 Å². The first-order chi connectivity index (χ1) is 6.91. The van der Waals surface area contributed by atoms with Gasteiger partial charge in [0.1, 0.15) is 0 Å². The number of hydrogen-bond donors (Lipinski definition) is 1. The van der Waals surface area contributed by atoms with Gasteiger partial charge in [-0.1, -0.05) is 32.9 Å². The lowest BCUT2D eigenvalue weighted by molar-refractivity contribution is 0.593. The van der Waals surface area contributed by atoms with E-state index >= 15 is 0 Å². The summed E-state index contributed by atoms with van der Waals surface area (Å²) in [5.74, 6) is 0.571. The van der Waals surface area contributed by atoms with E-state index in [1.54, 1.807) is 0 Å². The quantitative estimate of drug-likeness (QED) is 0.714. The number of rotatable bonds is 0. The number of aromatic nitrogens is 2. The third-order valence-corrected chi connectivity index (χ3v) is 2.74. The number of nitrogens with zero attached hydrogens (tertiary/aromatic N) is 2. The van der Waals surface area contributed by atoms with E-state index in [0.29, 0.717) is 5.95 Å². The largest absolute Gasteiger partial charge is 0.369 e. The van der Waals surface area contributed by atoms with Crippen molar-refractivity contribution >= 4 is 17.0 Å². The van der Waals surface area contributed by atoms with Crippen LogP contribution in [-0.4, -0.2) is 9.55 Å². The number of benzene rings is 1. The fourth-order valence-electron chi connectivity index (χ4n) is 1.89. The highest BCUT2D eigenvalue weighted by molar-refractivity contribution is 5.82. The van der Waals surface area contributed by atoms with Crippen LogP contribution in [0.5, 0.6) is 0 Å². The maximum Gasteiger partial charge on any atom is 0.200 e. The number of para-hydroxylation sites is 1. The number of nitrogens with two attached hydrogens (primary N) is 1. The van der Waals surface area contributed by atoms with Crippen molar-refractivity contribution in [3.05, 3.63) is 23.8 Å². The zero-order valence-corrected chi connectivity index (χ0v) is 9.70. The van der Waals surface area contributed by atoms with Crippen LogP contribution in [0.1, 0.15) is 26.3 Å². The fourth-order valence-corrected chi connectivity index (χ4v) is 1.89. The van der Waals surface area contributed by atoms with E-state index in [-0.39, 0.29) is 5.41 Å². The van der Waals surface area contributed by atoms with E-state index in [0.717, 1.165) is 11.0 Å². The number of anilines is 1. The zero-order chi connectivity index (χ0) is 11.2. The third kappa shape index (κ3) is 1.48. The summed E-state index contributed by atoms with van der Waals surface area (Å²) in [4.78, 5) is 4.33. The molecule has 80 valence electrons. The van der Waals surface area contributed by atoms with Crippen LogP contribution in [0.3, 0.4) is 0 Å². The summed E-state index contributed by atoms with van der Waals surface area (Å²) in [5.41, 5.74) is 9.33. The summed E-state index contributed by atoms with van der Waals surface area (Å²) in [6.07, 6.45) is 0. The van der Waals surface area contributed by atoms with Gasteiger partial charge < -0.3 is 10.3 Å². The summed E-state index contributed by atoms with van der Waals surface area (Å²) in [6.45, 7) is 6.60. The Balaban J connectivity index is 2.86. The van der Waals surface area contributed by atoms with Crippen LogP contribution in [0.2, 0.25) is 0 Å². The van der Waals surface area contributed by atoms with Crippen molar-refractivity contribution in [2.24, 2.45) is 7.05 Å². The van der Waals surface area contributed by atoms with Crippen LogP contribution in [0, 0.1) is 0 Å². The molecule has 15 heavy (non-hydrogen) atoms. The normalized spacial score (nSPS) is 12.3. The lowest BCUT2D eigenvalue weighted by Crippen LogP contribution is -2.13. The van der Waals surface area contributed by atoms with Crippen LogP contribution < -0.4 is 5.73 Å². The average Bonchev–Trinajstić information content (AvgIpc) is 2.41. The maximum atomic E-state index is 5.82. The molecule has 0 spiro atoms. The number of hydrogen-bond acceptors (Lipinski definition) is 2. The summed E-state index contributed by atoms with van der Waals surface area (Å²) in [5, 5.41) is 0. The summed E-state index contributed by atoms with van der Waals surface area (Å²) in [6, 6.07) is 6.18. The summed E-state index contributed by atoms with van der Waals surface area (Å²) >= 11 is 0. The Labute approximate surface area is 89.9 Å². The van der Waals surface area contributed by atoms with Gasteiger partial charge in [0, 0.05) is 7.05 Å². The highest BCUT2D eigenvalue weighted by atomic mass is 15.1. The molecule has 0 unspecified atom stereocenters. The Morgan fingerprint density at radius 3 is 2.53 bits per heavy atom.